The molecule has 1 fully saturated rings. The summed E-state index contributed by atoms with van der Waals surface area (Å²) >= 11 is 0. The number of hydrogen-bond donors (Lipinski definition) is 2. The SMILES string of the molecule is C[C@H]1NC(=O)N[C@H]1CCCCC(=O)[O-]. The molecule has 14 heavy (non-hydrogen) atoms. The number of urea groups is 1. The third kappa shape index (κ3) is 3.24. The maximum Gasteiger partial charge on any atom is 0.315 e. The quantitative estimate of drug-likeness (QED) is 0.578. The predicted octanol–water partition coefficient (Wildman–Crippen LogP) is -0.633. The molecule has 2 atom stereocenters. The molecule has 1 heterocycles. The topological polar surface area (TPSA) is 81.3 Å². The van der Waals surface area contributed by atoms with Crippen LogP contribution in [0.2, 0.25) is 0 Å². The van der Waals surface area contributed by atoms with Crippen molar-refractivity contribution in [1.29, 1.82) is 0 Å². The maximum atomic E-state index is 10.9. The fourth-order valence-electron chi connectivity index (χ4n) is 1.60. The lowest BCUT2D eigenvalue weighted by Crippen LogP contribution is -2.30. The van der Waals surface area contributed by atoms with Gasteiger partial charge in [0.05, 0.1) is 6.04 Å². The van der Waals surface area contributed by atoms with E-state index in [-0.39, 0.29) is 24.5 Å². The Morgan fingerprint density at radius 2 is 2.14 bits per heavy atom. The Bertz CT molecular complexity index is 230. The van der Waals surface area contributed by atoms with Crippen LogP contribution in [0.15, 0.2) is 0 Å². The van der Waals surface area contributed by atoms with Crippen LogP contribution >= 0.6 is 0 Å². The normalized spacial score (nSPS) is 25.6. The van der Waals surface area contributed by atoms with Crippen LogP contribution in [0.4, 0.5) is 4.79 Å². The first-order valence-electron chi connectivity index (χ1n) is 4.86. The molecule has 1 aliphatic heterocycles. The zero-order valence-electron chi connectivity index (χ0n) is 8.21. The fraction of sp³-hybridized carbons (Fsp3) is 0.778. The zero-order chi connectivity index (χ0) is 10.6. The van der Waals surface area contributed by atoms with Crippen molar-refractivity contribution in [3.63, 3.8) is 0 Å². The summed E-state index contributed by atoms with van der Waals surface area (Å²) in [6.07, 6.45) is 2.32. The van der Waals surface area contributed by atoms with E-state index in [9.17, 15) is 14.7 Å². The summed E-state index contributed by atoms with van der Waals surface area (Å²) in [5.41, 5.74) is 0. The third-order valence-corrected chi connectivity index (χ3v) is 2.42. The minimum atomic E-state index is -1.01. The summed E-state index contributed by atoms with van der Waals surface area (Å²) in [7, 11) is 0. The molecular weight excluding hydrogens is 184 g/mol. The highest BCUT2D eigenvalue weighted by Crippen LogP contribution is 2.10. The van der Waals surface area contributed by atoms with Crippen LogP contribution < -0.4 is 15.7 Å². The molecule has 0 aromatic heterocycles. The van der Waals surface area contributed by atoms with Gasteiger partial charge in [0.25, 0.3) is 0 Å². The minimum absolute atomic E-state index is 0.0997. The van der Waals surface area contributed by atoms with Crippen LogP contribution in [0.1, 0.15) is 32.6 Å². The number of carboxylic acids is 1. The zero-order valence-corrected chi connectivity index (χ0v) is 8.21. The van der Waals surface area contributed by atoms with Crippen molar-refractivity contribution in [3.8, 4) is 0 Å². The second-order valence-electron chi connectivity index (χ2n) is 3.63. The molecule has 1 aliphatic rings. The monoisotopic (exact) mass is 199 g/mol. The van der Waals surface area contributed by atoms with Crippen LogP contribution in [0.3, 0.4) is 0 Å². The maximum absolute atomic E-state index is 10.9. The molecule has 2 amide bonds. The van der Waals surface area contributed by atoms with Gasteiger partial charge in [-0.05, 0) is 26.2 Å². The first kappa shape index (κ1) is 10.8. The van der Waals surface area contributed by atoms with Gasteiger partial charge < -0.3 is 20.5 Å². The van der Waals surface area contributed by atoms with Crippen molar-refractivity contribution in [3.05, 3.63) is 0 Å². The largest absolute Gasteiger partial charge is 0.550 e. The van der Waals surface area contributed by atoms with E-state index >= 15 is 0 Å². The lowest BCUT2D eigenvalue weighted by atomic mass is 10.0. The molecular formula is C9H15N2O3-. The number of hydrogen-bond acceptors (Lipinski definition) is 3. The van der Waals surface area contributed by atoms with Crippen molar-refractivity contribution in [2.24, 2.45) is 0 Å². The molecule has 0 aliphatic carbocycles. The predicted molar refractivity (Wildman–Crippen MR) is 48.4 cm³/mol. The Kier molecular flexibility index (Phi) is 3.73. The first-order valence-corrected chi connectivity index (χ1v) is 4.86. The smallest absolute Gasteiger partial charge is 0.315 e. The van der Waals surface area contributed by atoms with Gasteiger partial charge in [-0.25, -0.2) is 4.79 Å². The molecule has 80 valence electrons. The summed E-state index contributed by atoms with van der Waals surface area (Å²) in [4.78, 5) is 21.0. The lowest BCUT2D eigenvalue weighted by molar-refractivity contribution is -0.305. The van der Waals surface area contributed by atoms with Gasteiger partial charge in [-0.2, -0.15) is 0 Å². The summed E-state index contributed by atoms with van der Waals surface area (Å²) in [6.45, 7) is 1.93. The molecule has 0 unspecified atom stereocenters. The van der Waals surface area contributed by atoms with Crippen LogP contribution in [-0.4, -0.2) is 24.1 Å². The summed E-state index contributed by atoms with van der Waals surface area (Å²) < 4.78 is 0. The highest BCUT2D eigenvalue weighted by molar-refractivity contribution is 5.77. The van der Waals surface area contributed by atoms with E-state index in [0.29, 0.717) is 6.42 Å². The number of nitrogens with one attached hydrogen (secondary N) is 2. The third-order valence-electron chi connectivity index (χ3n) is 2.42. The van der Waals surface area contributed by atoms with Crippen molar-refractivity contribution < 1.29 is 14.7 Å². The van der Waals surface area contributed by atoms with Gasteiger partial charge in [0, 0.05) is 12.0 Å². The standard InChI is InChI=1S/C9H16N2O3/c1-6-7(11-9(14)10-6)4-2-3-5-8(12)13/h6-7H,2-5H2,1H3,(H,12,13)(H2,10,11,14)/p-1/t6-,7+/m1/s1. The van der Waals surface area contributed by atoms with Crippen LogP contribution in [-0.2, 0) is 4.79 Å². The van der Waals surface area contributed by atoms with Crippen molar-refractivity contribution >= 4 is 12.0 Å². The van der Waals surface area contributed by atoms with Gasteiger partial charge in [-0.3, -0.25) is 0 Å². The van der Waals surface area contributed by atoms with Gasteiger partial charge in [0.2, 0.25) is 0 Å². The van der Waals surface area contributed by atoms with E-state index in [2.05, 4.69) is 10.6 Å². The number of unbranched alkanes of at least 4 members (excludes halogenated alkanes) is 1. The van der Waals surface area contributed by atoms with Crippen LogP contribution in [0.5, 0.6) is 0 Å². The Balaban J connectivity index is 2.12. The highest BCUT2D eigenvalue weighted by atomic mass is 16.4. The number of carbonyl (C=O) groups is 2. The van der Waals surface area contributed by atoms with E-state index < -0.39 is 5.97 Å². The molecule has 0 spiro atoms. The molecule has 1 saturated heterocycles. The van der Waals surface area contributed by atoms with Gasteiger partial charge in [-0.15, -0.1) is 0 Å². The lowest BCUT2D eigenvalue weighted by Gasteiger charge is -2.13. The second kappa shape index (κ2) is 4.83. The molecule has 5 heteroatoms. The number of amides is 2. The molecule has 0 aromatic rings. The van der Waals surface area contributed by atoms with Crippen molar-refractivity contribution in [2.75, 3.05) is 0 Å². The van der Waals surface area contributed by atoms with E-state index in [1.807, 2.05) is 6.92 Å². The summed E-state index contributed by atoms with van der Waals surface area (Å²) in [5.74, 6) is -1.01. The fourth-order valence-corrected chi connectivity index (χ4v) is 1.60. The van der Waals surface area contributed by atoms with Crippen LogP contribution in [0, 0.1) is 0 Å². The average Bonchev–Trinajstić information content (AvgIpc) is 2.39. The van der Waals surface area contributed by atoms with E-state index in [1.165, 1.54) is 0 Å². The molecule has 0 radical (unpaired) electrons. The van der Waals surface area contributed by atoms with E-state index in [4.69, 9.17) is 0 Å². The van der Waals surface area contributed by atoms with Gasteiger partial charge in [0.15, 0.2) is 0 Å². The molecule has 1 rings (SSSR count). The minimum Gasteiger partial charge on any atom is -0.550 e. The van der Waals surface area contributed by atoms with Crippen molar-refractivity contribution in [1.82, 2.24) is 10.6 Å². The van der Waals surface area contributed by atoms with Crippen molar-refractivity contribution in [2.45, 2.75) is 44.7 Å². The summed E-state index contributed by atoms with van der Waals surface area (Å²) in [6, 6.07) is 0.122. The molecule has 0 saturated carbocycles. The Hall–Kier alpha value is -1.26. The number of aliphatic carboxylic acids is 1. The van der Waals surface area contributed by atoms with Gasteiger partial charge in [-0.1, -0.05) is 6.42 Å². The number of carboxylic acid groups (broad SMARTS) is 1. The highest BCUT2D eigenvalue weighted by Gasteiger charge is 2.26. The molecule has 0 bridgehead atoms. The molecule has 0 aromatic carbocycles. The molecule has 5 nitrogen and oxygen atoms in total. The van der Waals surface area contributed by atoms with Gasteiger partial charge in [0.1, 0.15) is 0 Å². The first-order chi connectivity index (χ1) is 6.59. The summed E-state index contributed by atoms with van der Waals surface area (Å²) in [5, 5.41) is 15.6. The Labute approximate surface area is 82.9 Å². The van der Waals surface area contributed by atoms with Crippen LogP contribution in [0.25, 0.3) is 0 Å². The van der Waals surface area contributed by atoms with E-state index in [1.54, 1.807) is 0 Å². The number of carbonyl (C=O) groups excluding carboxylic acids is 2. The number of rotatable bonds is 5. The van der Waals surface area contributed by atoms with Gasteiger partial charge >= 0.3 is 6.03 Å². The average molecular weight is 199 g/mol. The second-order valence-corrected chi connectivity index (χ2v) is 3.63. The Morgan fingerprint density at radius 1 is 1.43 bits per heavy atom. The Morgan fingerprint density at radius 3 is 2.64 bits per heavy atom. The molecule has 2 N–H and O–H groups in total. The van der Waals surface area contributed by atoms with E-state index in [0.717, 1.165) is 12.8 Å².